The van der Waals surface area contributed by atoms with Crippen molar-refractivity contribution < 1.29 is 14.7 Å². The van der Waals surface area contributed by atoms with E-state index in [0.717, 1.165) is 25.7 Å². The molecule has 1 saturated carbocycles. The molecule has 4 nitrogen and oxygen atoms in total. The highest BCUT2D eigenvalue weighted by molar-refractivity contribution is 6.05. The lowest BCUT2D eigenvalue weighted by Gasteiger charge is -2.30. The summed E-state index contributed by atoms with van der Waals surface area (Å²) in [6.45, 7) is 0.422. The third kappa shape index (κ3) is 2.22. The Balaban J connectivity index is 1.71. The summed E-state index contributed by atoms with van der Waals surface area (Å²) in [6, 6.07) is 0. The standard InChI is InChI=1S/C15H21NO3/c17-13-8-4-1-5-10(13)9-16-14(18)11-6-2-3-7-12(11)15(16)19/h2-3,10-13,17H,1,4-9H2/t10?,11-,12+,13?. The first-order valence-electron chi connectivity index (χ1n) is 7.36. The number of hydrogen-bond acceptors (Lipinski definition) is 3. The molecule has 2 amide bonds. The van der Waals surface area contributed by atoms with Crippen molar-refractivity contribution in [2.45, 2.75) is 44.6 Å². The van der Waals surface area contributed by atoms with E-state index < -0.39 is 0 Å². The summed E-state index contributed by atoms with van der Waals surface area (Å²) in [5, 5.41) is 10.00. The predicted octanol–water partition coefficient (Wildman–Crippen LogP) is 1.49. The number of allylic oxidation sites excluding steroid dienone is 2. The maximum atomic E-state index is 12.3. The highest BCUT2D eigenvalue weighted by Gasteiger charge is 2.47. The van der Waals surface area contributed by atoms with Crippen molar-refractivity contribution in [2.24, 2.45) is 17.8 Å². The second-order valence-electron chi connectivity index (χ2n) is 6.05. The van der Waals surface area contributed by atoms with Crippen LogP contribution in [0.15, 0.2) is 12.2 Å². The number of nitrogens with zero attached hydrogens (tertiary/aromatic N) is 1. The van der Waals surface area contributed by atoms with Crippen molar-refractivity contribution in [3.8, 4) is 0 Å². The fraction of sp³-hybridized carbons (Fsp3) is 0.733. The number of hydrogen-bond donors (Lipinski definition) is 1. The molecule has 1 N–H and O–H groups in total. The molecule has 3 aliphatic rings. The summed E-state index contributed by atoms with van der Waals surface area (Å²) < 4.78 is 0. The lowest BCUT2D eigenvalue weighted by Crippen LogP contribution is -2.40. The molecule has 104 valence electrons. The van der Waals surface area contributed by atoms with Gasteiger partial charge in [-0.05, 0) is 25.7 Å². The number of rotatable bonds is 2. The summed E-state index contributed by atoms with van der Waals surface area (Å²) in [5.74, 6) is -0.236. The molecule has 1 heterocycles. The Morgan fingerprint density at radius 3 is 2.21 bits per heavy atom. The third-order valence-electron chi connectivity index (χ3n) is 4.88. The van der Waals surface area contributed by atoms with E-state index in [2.05, 4.69) is 0 Å². The summed E-state index contributed by atoms with van der Waals surface area (Å²) in [5.41, 5.74) is 0. The largest absolute Gasteiger partial charge is 0.393 e. The molecule has 2 fully saturated rings. The van der Waals surface area contributed by atoms with Gasteiger partial charge in [0.1, 0.15) is 0 Å². The maximum absolute atomic E-state index is 12.3. The molecule has 0 aromatic carbocycles. The predicted molar refractivity (Wildman–Crippen MR) is 70.0 cm³/mol. The van der Waals surface area contributed by atoms with Gasteiger partial charge in [0.15, 0.2) is 0 Å². The number of carbonyl (C=O) groups is 2. The number of amides is 2. The molecule has 0 bridgehead atoms. The number of carbonyl (C=O) groups excluding carboxylic acids is 2. The van der Waals surface area contributed by atoms with E-state index in [1.54, 1.807) is 0 Å². The number of likely N-dealkylation sites (tertiary alicyclic amines) is 1. The molecular formula is C15H21NO3. The minimum absolute atomic E-state index is 0.0166. The topological polar surface area (TPSA) is 57.6 Å². The van der Waals surface area contributed by atoms with Crippen LogP contribution in [0.2, 0.25) is 0 Å². The summed E-state index contributed by atoms with van der Waals surface area (Å²) in [7, 11) is 0. The monoisotopic (exact) mass is 263 g/mol. The molecule has 0 radical (unpaired) electrons. The van der Waals surface area contributed by atoms with Crippen LogP contribution in [0.25, 0.3) is 0 Å². The highest BCUT2D eigenvalue weighted by Crippen LogP contribution is 2.36. The van der Waals surface area contributed by atoms with Crippen LogP contribution in [0.4, 0.5) is 0 Å². The van der Waals surface area contributed by atoms with Gasteiger partial charge in [-0.15, -0.1) is 0 Å². The molecule has 0 aromatic heterocycles. The molecule has 2 aliphatic carbocycles. The lowest BCUT2D eigenvalue weighted by atomic mass is 9.85. The van der Waals surface area contributed by atoms with Crippen molar-refractivity contribution in [1.82, 2.24) is 4.90 Å². The molecule has 1 aliphatic heterocycles. The Kier molecular flexibility index (Phi) is 3.44. The van der Waals surface area contributed by atoms with Gasteiger partial charge in [-0.1, -0.05) is 25.0 Å². The fourth-order valence-corrected chi connectivity index (χ4v) is 3.68. The van der Waals surface area contributed by atoms with Gasteiger partial charge in [-0.2, -0.15) is 0 Å². The number of fused-ring (bicyclic) bond motifs is 1. The highest BCUT2D eigenvalue weighted by atomic mass is 16.3. The minimum atomic E-state index is -0.352. The van der Waals surface area contributed by atoms with Gasteiger partial charge in [0.2, 0.25) is 11.8 Å². The maximum Gasteiger partial charge on any atom is 0.233 e. The average molecular weight is 263 g/mol. The molecule has 19 heavy (non-hydrogen) atoms. The Morgan fingerprint density at radius 2 is 1.63 bits per heavy atom. The Bertz CT molecular complexity index is 392. The van der Waals surface area contributed by atoms with E-state index in [1.807, 2.05) is 12.2 Å². The summed E-state index contributed by atoms with van der Waals surface area (Å²) in [6.07, 6.45) is 8.91. The molecule has 1 saturated heterocycles. The van der Waals surface area contributed by atoms with E-state index in [1.165, 1.54) is 4.90 Å². The SMILES string of the molecule is O=C1[C@H]2CC=CC[C@H]2C(=O)N1CC1CCCCC1O. The Hall–Kier alpha value is -1.16. The van der Waals surface area contributed by atoms with Crippen molar-refractivity contribution in [3.63, 3.8) is 0 Å². The second-order valence-corrected chi connectivity index (χ2v) is 6.05. The lowest BCUT2D eigenvalue weighted by molar-refractivity contribution is -0.141. The summed E-state index contributed by atoms with van der Waals surface area (Å²) >= 11 is 0. The zero-order valence-electron chi connectivity index (χ0n) is 11.1. The van der Waals surface area contributed by atoms with E-state index >= 15 is 0 Å². The van der Waals surface area contributed by atoms with Crippen LogP contribution < -0.4 is 0 Å². The first kappa shape index (κ1) is 12.9. The van der Waals surface area contributed by atoms with Gasteiger partial charge < -0.3 is 5.11 Å². The van der Waals surface area contributed by atoms with Gasteiger partial charge in [-0.3, -0.25) is 14.5 Å². The number of imide groups is 1. The van der Waals surface area contributed by atoms with E-state index in [4.69, 9.17) is 0 Å². The average Bonchev–Trinajstić information content (AvgIpc) is 2.67. The van der Waals surface area contributed by atoms with Crippen LogP contribution in [0, 0.1) is 17.8 Å². The normalized spacial score (nSPS) is 38.7. The van der Waals surface area contributed by atoms with Gasteiger partial charge in [-0.25, -0.2) is 0 Å². The van der Waals surface area contributed by atoms with Crippen LogP contribution in [0.5, 0.6) is 0 Å². The van der Waals surface area contributed by atoms with Crippen LogP contribution in [-0.4, -0.2) is 34.5 Å². The van der Waals surface area contributed by atoms with Crippen molar-refractivity contribution in [2.75, 3.05) is 6.54 Å². The molecule has 4 heteroatoms. The van der Waals surface area contributed by atoms with Gasteiger partial charge in [0.25, 0.3) is 0 Å². The Morgan fingerprint density at radius 1 is 1.05 bits per heavy atom. The quantitative estimate of drug-likeness (QED) is 0.606. The van der Waals surface area contributed by atoms with E-state index in [0.29, 0.717) is 19.4 Å². The zero-order valence-corrected chi connectivity index (χ0v) is 11.1. The number of aliphatic hydroxyl groups excluding tert-OH is 1. The zero-order chi connectivity index (χ0) is 13.4. The molecule has 4 atom stereocenters. The van der Waals surface area contributed by atoms with Crippen LogP contribution in [0.1, 0.15) is 38.5 Å². The number of aliphatic hydroxyl groups is 1. The van der Waals surface area contributed by atoms with Crippen LogP contribution in [-0.2, 0) is 9.59 Å². The van der Waals surface area contributed by atoms with Crippen LogP contribution in [0.3, 0.4) is 0 Å². The first-order valence-corrected chi connectivity index (χ1v) is 7.36. The fourth-order valence-electron chi connectivity index (χ4n) is 3.68. The molecule has 0 spiro atoms. The van der Waals surface area contributed by atoms with Crippen molar-refractivity contribution >= 4 is 11.8 Å². The first-order chi connectivity index (χ1) is 9.18. The van der Waals surface area contributed by atoms with Crippen LogP contribution >= 0.6 is 0 Å². The second kappa shape index (κ2) is 5.08. The summed E-state index contributed by atoms with van der Waals surface area (Å²) in [4.78, 5) is 26.1. The molecule has 3 rings (SSSR count). The smallest absolute Gasteiger partial charge is 0.233 e. The molecular weight excluding hydrogens is 242 g/mol. The van der Waals surface area contributed by atoms with Crippen molar-refractivity contribution in [3.05, 3.63) is 12.2 Å². The van der Waals surface area contributed by atoms with Gasteiger partial charge >= 0.3 is 0 Å². The van der Waals surface area contributed by atoms with E-state index in [9.17, 15) is 14.7 Å². The van der Waals surface area contributed by atoms with Gasteiger partial charge in [0.05, 0.1) is 17.9 Å². The molecule has 2 unspecified atom stereocenters. The Labute approximate surface area is 113 Å². The third-order valence-corrected chi connectivity index (χ3v) is 4.88. The minimum Gasteiger partial charge on any atom is -0.393 e. The van der Waals surface area contributed by atoms with Crippen molar-refractivity contribution in [1.29, 1.82) is 0 Å². The van der Waals surface area contributed by atoms with Gasteiger partial charge in [0, 0.05) is 12.5 Å². The van der Waals surface area contributed by atoms with E-state index in [-0.39, 0.29) is 35.7 Å². The molecule has 0 aromatic rings.